The second-order valence-electron chi connectivity index (χ2n) is 4.76. The molecule has 0 aromatic heterocycles. The Bertz CT molecular complexity index is 500. The van der Waals surface area contributed by atoms with Gasteiger partial charge in [-0.3, -0.25) is 9.59 Å². The van der Waals surface area contributed by atoms with E-state index in [0.717, 1.165) is 17.3 Å². The van der Waals surface area contributed by atoms with E-state index in [0.29, 0.717) is 18.7 Å². The zero-order valence-electron chi connectivity index (χ0n) is 11.5. The van der Waals surface area contributed by atoms with Gasteiger partial charge in [0.25, 0.3) is 5.91 Å². The summed E-state index contributed by atoms with van der Waals surface area (Å²) in [5.41, 5.74) is 0.642. The lowest BCUT2D eigenvalue weighted by Crippen LogP contribution is -2.35. The van der Waals surface area contributed by atoms with Gasteiger partial charge in [0.2, 0.25) is 0 Å². The number of carbonyl (C=O) groups excluding carboxylic acids is 2. The van der Waals surface area contributed by atoms with Crippen LogP contribution >= 0.6 is 15.9 Å². The number of carbonyl (C=O) groups is 2. The molecule has 2 rings (SSSR count). The van der Waals surface area contributed by atoms with Crippen molar-refractivity contribution in [3.8, 4) is 0 Å². The molecule has 1 aromatic rings. The van der Waals surface area contributed by atoms with Crippen LogP contribution in [0.1, 0.15) is 36.5 Å². The Morgan fingerprint density at radius 1 is 1.35 bits per heavy atom. The Balaban J connectivity index is 2.03. The van der Waals surface area contributed by atoms with Crippen LogP contribution in [0.3, 0.4) is 0 Å². The van der Waals surface area contributed by atoms with Crippen molar-refractivity contribution in [2.45, 2.75) is 32.2 Å². The molecule has 0 N–H and O–H groups in total. The minimum atomic E-state index is -0.252. The van der Waals surface area contributed by atoms with E-state index in [4.69, 9.17) is 4.74 Å². The van der Waals surface area contributed by atoms with Gasteiger partial charge in [0.1, 0.15) is 0 Å². The minimum Gasteiger partial charge on any atom is -0.466 e. The average Bonchev–Trinajstić information content (AvgIpc) is 3.24. The molecule has 0 bridgehead atoms. The Kier molecular flexibility index (Phi) is 5.17. The van der Waals surface area contributed by atoms with Crippen molar-refractivity contribution in [1.29, 1.82) is 0 Å². The van der Waals surface area contributed by atoms with Crippen LogP contribution in [0.5, 0.6) is 0 Å². The van der Waals surface area contributed by atoms with E-state index in [9.17, 15) is 9.59 Å². The highest BCUT2D eigenvalue weighted by atomic mass is 79.9. The van der Waals surface area contributed by atoms with E-state index in [1.54, 1.807) is 17.9 Å². The van der Waals surface area contributed by atoms with Gasteiger partial charge in [-0.25, -0.2) is 0 Å². The molecule has 108 valence electrons. The summed E-state index contributed by atoms with van der Waals surface area (Å²) in [6.45, 7) is 2.58. The molecule has 1 saturated carbocycles. The number of nitrogens with zero attached hydrogens (tertiary/aromatic N) is 1. The molecule has 1 aliphatic rings. The highest BCUT2D eigenvalue weighted by Gasteiger charge is 2.33. The van der Waals surface area contributed by atoms with Crippen molar-refractivity contribution in [3.05, 3.63) is 34.3 Å². The molecular weight excluding hydrogens is 322 g/mol. The molecule has 1 amide bonds. The van der Waals surface area contributed by atoms with Crippen molar-refractivity contribution in [2.24, 2.45) is 0 Å². The van der Waals surface area contributed by atoms with Crippen LogP contribution in [0.4, 0.5) is 0 Å². The second kappa shape index (κ2) is 6.88. The average molecular weight is 340 g/mol. The van der Waals surface area contributed by atoms with Crippen molar-refractivity contribution in [2.75, 3.05) is 13.2 Å². The summed E-state index contributed by atoms with van der Waals surface area (Å²) in [4.78, 5) is 25.8. The summed E-state index contributed by atoms with van der Waals surface area (Å²) < 4.78 is 5.70. The Labute approximate surface area is 127 Å². The summed E-state index contributed by atoms with van der Waals surface area (Å²) in [6.07, 6.45) is 2.28. The number of hydrogen-bond donors (Lipinski definition) is 0. The number of ether oxygens (including phenoxy) is 1. The zero-order chi connectivity index (χ0) is 14.5. The molecule has 4 nitrogen and oxygen atoms in total. The van der Waals surface area contributed by atoms with Gasteiger partial charge in [-0.1, -0.05) is 12.1 Å². The van der Waals surface area contributed by atoms with Crippen LogP contribution in [0.15, 0.2) is 28.7 Å². The number of rotatable bonds is 6. The molecule has 5 heteroatoms. The predicted molar refractivity (Wildman–Crippen MR) is 79.5 cm³/mol. The monoisotopic (exact) mass is 339 g/mol. The van der Waals surface area contributed by atoms with Crippen LogP contribution in [-0.2, 0) is 9.53 Å². The molecule has 20 heavy (non-hydrogen) atoms. The third-order valence-corrected chi connectivity index (χ3v) is 3.91. The molecule has 0 atom stereocenters. The fourth-order valence-corrected chi connectivity index (χ4v) is 2.52. The van der Waals surface area contributed by atoms with Crippen LogP contribution in [0.25, 0.3) is 0 Å². The Morgan fingerprint density at radius 2 is 2.05 bits per heavy atom. The first-order chi connectivity index (χ1) is 9.63. The highest BCUT2D eigenvalue weighted by Crippen LogP contribution is 2.30. The smallest absolute Gasteiger partial charge is 0.307 e. The van der Waals surface area contributed by atoms with E-state index in [-0.39, 0.29) is 24.3 Å². The molecule has 0 heterocycles. The standard InChI is InChI=1S/C15H18BrNO3/c1-2-20-14(18)9-10-17(11-7-8-11)15(19)12-5-3-4-6-13(12)16/h3-6,11H,2,7-10H2,1H3. The largest absolute Gasteiger partial charge is 0.466 e. The highest BCUT2D eigenvalue weighted by molar-refractivity contribution is 9.10. The molecule has 1 fully saturated rings. The molecule has 0 saturated heterocycles. The number of halogens is 1. The quantitative estimate of drug-likeness (QED) is 0.748. The van der Waals surface area contributed by atoms with Crippen molar-refractivity contribution >= 4 is 27.8 Å². The van der Waals surface area contributed by atoms with E-state index < -0.39 is 0 Å². The summed E-state index contributed by atoms with van der Waals surface area (Å²) >= 11 is 3.40. The van der Waals surface area contributed by atoms with Gasteiger partial charge in [-0.05, 0) is 47.8 Å². The van der Waals surface area contributed by atoms with Crippen molar-refractivity contribution in [1.82, 2.24) is 4.90 Å². The van der Waals surface area contributed by atoms with E-state index >= 15 is 0 Å². The first-order valence-corrected chi connectivity index (χ1v) is 7.64. The van der Waals surface area contributed by atoms with Crippen molar-refractivity contribution < 1.29 is 14.3 Å². The maximum atomic E-state index is 12.6. The molecule has 0 aliphatic heterocycles. The SMILES string of the molecule is CCOC(=O)CCN(C(=O)c1ccccc1Br)C1CC1. The Hall–Kier alpha value is -1.36. The van der Waals surface area contributed by atoms with Crippen LogP contribution in [-0.4, -0.2) is 36.0 Å². The molecule has 0 radical (unpaired) electrons. The molecular formula is C15H18BrNO3. The van der Waals surface area contributed by atoms with Gasteiger partial charge < -0.3 is 9.64 Å². The van der Waals surface area contributed by atoms with Crippen LogP contribution in [0, 0.1) is 0 Å². The summed E-state index contributed by atoms with van der Waals surface area (Å²) in [7, 11) is 0. The number of amides is 1. The number of esters is 1. The van der Waals surface area contributed by atoms with E-state index in [1.165, 1.54) is 0 Å². The first-order valence-electron chi connectivity index (χ1n) is 6.84. The predicted octanol–water partition coefficient (Wildman–Crippen LogP) is 3.01. The third kappa shape index (κ3) is 3.82. The van der Waals surface area contributed by atoms with Crippen molar-refractivity contribution in [3.63, 3.8) is 0 Å². The van der Waals surface area contributed by atoms with E-state index in [1.807, 2.05) is 18.2 Å². The van der Waals surface area contributed by atoms with Gasteiger partial charge in [0.15, 0.2) is 0 Å². The Morgan fingerprint density at radius 3 is 2.65 bits per heavy atom. The number of benzene rings is 1. The van der Waals surface area contributed by atoms with Gasteiger partial charge in [0, 0.05) is 17.1 Å². The van der Waals surface area contributed by atoms with Crippen LogP contribution < -0.4 is 0 Å². The third-order valence-electron chi connectivity index (χ3n) is 3.21. The van der Waals surface area contributed by atoms with Gasteiger partial charge in [0.05, 0.1) is 18.6 Å². The van der Waals surface area contributed by atoms with Gasteiger partial charge in [-0.15, -0.1) is 0 Å². The topological polar surface area (TPSA) is 46.6 Å². The minimum absolute atomic E-state index is 0.0238. The maximum absolute atomic E-state index is 12.6. The lowest BCUT2D eigenvalue weighted by atomic mass is 10.2. The normalized spacial score (nSPS) is 13.9. The fourth-order valence-electron chi connectivity index (χ4n) is 2.07. The zero-order valence-corrected chi connectivity index (χ0v) is 13.1. The molecule has 0 unspecified atom stereocenters. The van der Waals surface area contributed by atoms with Gasteiger partial charge in [-0.2, -0.15) is 0 Å². The molecule has 1 aliphatic carbocycles. The molecule has 0 spiro atoms. The summed E-state index contributed by atoms with van der Waals surface area (Å²) in [5, 5.41) is 0. The summed E-state index contributed by atoms with van der Waals surface area (Å²) in [5.74, 6) is -0.276. The van der Waals surface area contributed by atoms with Crippen LogP contribution in [0.2, 0.25) is 0 Å². The lowest BCUT2D eigenvalue weighted by Gasteiger charge is -2.22. The number of hydrogen-bond acceptors (Lipinski definition) is 3. The lowest BCUT2D eigenvalue weighted by molar-refractivity contribution is -0.143. The van der Waals surface area contributed by atoms with E-state index in [2.05, 4.69) is 15.9 Å². The second-order valence-corrected chi connectivity index (χ2v) is 5.62. The maximum Gasteiger partial charge on any atom is 0.307 e. The van der Waals surface area contributed by atoms with Gasteiger partial charge >= 0.3 is 5.97 Å². The first kappa shape index (κ1) is 15.0. The summed E-state index contributed by atoms with van der Waals surface area (Å²) in [6, 6.07) is 7.63. The molecule has 1 aromatic carbocycles. The fraction of sp³-hybridized carbons (Fsp3) is 0.467.